The molecule has 1 rings (SSSR count). The highest BCUT2D eigenvalue weighted by molar-refractivity contribution is 5.77. The summed E-state index contributed by atoms with van der Waals surface area (Å²) < 4.78 is 4.93. The Bertz CT molecular complexity index is 398. The Morgan fingerprint density at radius 3 is 2.38 bits per heavy atom. The fraction of sp³-hybridized carbons (Fsp3) is 0.833. The van der Waals surface area contributed by atoms with Crippen molar-refractivity contribution in [1.29, 1.82) is 0 Å². The summed E-state index contributed by atoms with van der Waals surface area (Å²) in [6, 6.07) is 0. The lowest BCUT2D eigenvalue weighted by Crippen LogP contribution is -2.61. The Hall–Kier alpha value is -1.10. The van der Waals surface area contributed by atoms with Gasteiger partial charge in [-0.2, -0.15) is 0 Å². The molecule has 0 aromatic rings. The summed E-state index contributed by atoms with van der Waals surface area (Å²) >= 11 is 0. The predicted octanol–water partition coefficient (Wildman–Crippen LogP) is -2.78. The van der Waals surface area contributed by atoms with Crippen molar-refractivity contribution in [2.75, 3.05) is 6.61 Å². The third kappa shape index (κ3) is 3.96. The van der Waals surface area contributed by atoms with Crippen molar-refractivity contribution in [3.8, 4) is 0 Å². The molecule has 0 radical (unpaired) electrons. The number of Topliss-reactive ketones (excluding diaryl/α,β-unsaturated/α-hetero) is 1. The molecule has 9 nitrogen and oxygen atoms in total. The SMILES string of the molecule is CC(=O)C[C@H]1C([C@H](O)[C@H](O)CO)O[C@@](O)(C(=O)O)C[C@H]1O. The smallest absolute Gasteiger partial charge is 0.364 e. The van der Waals surface area contributed by atoms with Crippen molar-refractivity contribution in [1.82, 2.24) is 0 Å². The Morgan fingerprint density at radius 2 is 1.95 bits per heavy atom. The highest BCUT2D eigenvalue weighted by Crippen LogP contribution is 2.36. The van der Waals surface area contributed by atoms with Gasteiger partial charge >= 0.3 is 5.97 Å². The standard InChI is InChI=1S/C12H20O9/c1-5(14)2-6-7(15)3-12(20,11(18)19)21-10(6)9(17)8(16)4-13/h6-10,13,15-17,20H,2-4H2,1H3,(H,18,19)/t6-,7-,8-,9-,10?,12-/m1/s1. The van der Waals surface area contributed by atoms with Crippen molar-refractivity contribution >= 4 is 11.8 Å². The van der Waals surface area contributed by atoms with Crippen LogP contribution in [0.3, 0.4) is 0 Å². The lowest BCUT2D eigenvalue weighted by molar-refractivity contribution is -0.304. The predicted molar refractivity (Wildman–Crippen MR) is 66.0 cm³/mol. The van der Waals surface area contributed by atoms with Gasteiger partial charge in [0.1, 0.15) is 18.0 Å². The average molecular weight is 308 g/mol. The fourth-order valence-electron chi connectivity index (χ4n) is 2.39. The van der Waals surface area contributed by atoms with Gasteiger partial charge in [0, 0.05) is 18.8 Å². The van der Waals surface area contributed by atoms with Crippen LogP contribution in [0.5, 0.6) is 0 Å². The summed E-state index contributed by atoms with van der Waals surface area (Å²) in [6.07, 6.45) is -7.33. The van der Waals surface area contributed by atoms with Crippen LogP contribution < -0.4 is 0 Å². The molecule has 21 heavy (non-hydrogen) atoms. The largest absolute Gasteiger partial charge is 0.477 e. The summed E-state index contributed by atoms with van der Waals surface area (Å²) in [4.78, 5) is 22.2. The molecule has 1 aliphatic rings. The van der Waals surface area contributed by atoms with E-state index >= 15 is 0 Å². The number of ether oxygens (including phenoxy) is 1. The lowest BCUT2D eigenvalue weighted by atomic mass is 9.80. The monoisotopic (exact) mass is 308 g/mol. The molecule has 1 heterocycles. The number of carboxylic acid groups (broad SMARTS) is 1. The maximum atomic E-state index is 11.2. The van der Waals surface area contributed by atoms with Crippen LogP contribution in [0.2, 0.25) is 0 Å². The average Bonchev–Trinajstić information content (AvgIpc) is 2.39. The molecule has 0 amide bonds. The summed E-state index contributed by atoms with van der Waals surface area (Å²) in [5.41, 5.74) is 0. The van der Waals surface area contributed by atoms with Gasteiger partial charge in [-0.1, -0.05) is 0 Å². The molecule has 0 spiro atoms. The van der Waals surface area contributed by atoms with Crippen LogP contribution in [0.15, 0.2) is 0 Å². The molecule has 122 valence electrons. The first kappa shape index (κ1) is 18.0. The molecular weight excluding hydrogens is 288 g/mol. The molecule has 0 saturated carbocycles. The van der Waals surface area contributed by atoms with Gasteiger partial charge in [0.15, 0.2) is 0 Å². The summed E-state index contributed by atoms with van der Waals surface area (Å²) in [5.74, 6) is -5.87. The number of hydrogen-bond donors (Lipinski definition) is 6. The van der Waals surface area contributed by atoms with Crippen LogP contribution in [-0.4, -0.2) is 79.2 Å². The topological polar surface area (TPSA) is 165 Å². The van der Waals surface area contributed by atoms with Crippen LogP contribution in [0.1, 0.15) is 19.8 Å². The quantitative estimate of drug-likeness (QED) is 0.304. The van der Waals surface area contributed by atoms with Crippen LogP contribution in [-0.2, 0) is 14.3 Å². The van der Waals surface area contributed by atoms with Crippen LogP contribution in [0, 0.1) is 5.92 Å². The third-order valence-electron chi connectivity index (χ3n) is 3.51. The Morgan fingerprint density at radius 1 is 1.38 bits per heavy atom. The number of aliphatic hydroxyl groups excluding tert-OH is 4. The van der Waals surface area contributed by atoms with Gasteiger partial charge in [-0.3, -0.25) is 0 Å². The highest BCUT2D eigenvalue weighted by Gasteiger charge is 2.53. The zero-order valence-electron chi connectivity index (χ0n) is 11.4. The first-order valence-corrected chi connectivity index (χ1v) is 6.40. The molecule has 1 aliphatic heterocycles. The third-order valence-corrected chi connectivity index (χ3v) is 3.51. The van der Waals surface area contributed by atoms with E-state index in [2.05, 4.69) is 0 Å². The van der Waals surface area contributed by atoms with Gasteiger partial charge in [0.05, 0.1) is 18.8 Å². The minimum Gasteiger partial charge on any atom is -0.477 e. The van der Waals surface area contributed by atoms with E-state index in [0.717, 1.165) is 0 Å². The van der Waals surface area contributed by atoms with E-state index in [9.17, 15) is 30.0 Å². The minimum absolute atomic E-state index is 0.239. The number of hydrogen-bond acceptors (Lipinski definition) is 8. The fourth-order valence-corrected chi connectivity index (χ4v) is 2.39. The molecular formula is C12H20O9. The first-order chi connectivity index (χ1) is 9.62. The molecule has 0 aromatic heterocycles. The van der Waals surface area contributed by atoms with Gasteiger partial charge in [0.2, 0.25) is 0 Å². The zero-order valence-corrected chi connectivity index (χ0v) is 11.4. The van der Waals surface area contributed by atoms with E-state index in [1.165, 1.54) is 6.92 Å². The molecule has 0 aliphatic carbocycles. The second-order valence-electron chi connectivity index (χ2n) is 5.25. The first-order valence-electron chi connectivity index (χ1n) is 6.40. The summed E-state index contributed by atoms with van der Waals surface area (Å²) in [7, 11) is 0. The van der Waals surface area contributed by atoms with Gasteiger partial charge in [-0.05, 0) is 6.92 Å². The highest BCUT2D eigenvalue weighted by atomic mass is 16.7. The molecule has 1 fully saturated rings. The normalized spacial score (nSPS) is 36.0. The summed E-state index contributed by atoms with van der Waals surface area (Å²) in [5, 5.41) is 56.9. The molecule has 9 heteroatoms. The number of carboxylic acids is 1. The lowest BCUT2D eigenvalue weighted by Gasteiger charge is -2.44. The zero-order chi connectivity index (χ0) is 16.4. The second kappa shape index (κ2) is 6.77. The molecule has 1 saturated heterocycles. The van der Waals surface area contributed by atoms with E-state index in [0.29, 0.717) is 0 Å². The van der Waals surface area contributed by atoms with Crippen LogP contribution in [0.4, 0.5) is 0 Å². The van der Waals surface area contributed by atoms with Crippen molar-refractivity contribution in [3.05, 3.63) is 0 Å². The molecule has 6 atom stereocenters. The van der Waals surface area contributed by atoms with Gasteiger partial charge < -0.3 is 40.2 Å². The number of aliphatic hydroxyl groups is 5. The molecule has 0 aromatic carbocycles. The Balaban J connectivity index is 3.07. The minimum atomic E-state index is -2.74. The maximum Gasteiger partial charge on any atom is 0.364 e. The van der Waals surface area contributed by atoms with E-state index < -0.39 is 55.1 Å². The van der Waals surface area contributed by atoms with E-state index in [-0.39, 0.29) is 12.2 Å². The van der Waals surface area contributed by atoms with Crippen molar-refractivity contribution in [3.63, 3.8) is 0 Å². The second-order valence-corrected chi connectivity index (χ2v) is 5.25. The number of aliphatic carboxylic acids is 1. The van der Waals surface area contributed by atoms with Crippen molar-refractivity contribution < 1.29 is 45.0 Å². The molecule has 1 unspecified atom stereocenters. The number of carbonyl (C=O) groups excluding carboxylic acids is 1. The maximum absolute atomic E-state index is 11.2. The van der Waals surface area contributed by atoms with Crippen LogP contribution in [0.25, 0.3) is 0 Å². The molecule has 6 N–H and O–H groups in total. The Kier molecular flexibility index (Phi) is 5.79. The Labute approximate surface area is 120 Å². The van der Waals surface area contributed by atoms with E-state index in [4.69, 9.17) is 14.9 Å². The van der Waals surface area contributed by atoms with Gasteiger partial charge in [-0.25, -0.2) is 4.79 Å². The molecule has 0 bridgehead atoms. The van der Waals surface area contributed by atoms with Crippen molar-refractivity contribution in [2.24, 2.45) is 5.92 Å². The van der Waals surface area contributed by atoms with Crippen LogP contribution >= 0.6 is 0 Å². The summed E-state index contributed by atoms with van der Waals surface area (Å²) in [6.45, 7) is 0.395. The number of carbonyl (C=O) groups is 2. The van der Waals surface area contributed by atoms with E-state index in [1.807, 2.05) is 0 Å². The number of ketones is 1. The van der Waals surface area contributed by atoms with Gasteiger partial charge in [0.25, 0.3) is 5.79 Å². The van der Waals surface area contributed by atoms with E-state index in [1.54, 1.807) is 0 Å². The van der Waals surface area contributed by atoms with Crippen molar-refractivity contribution in [2.45, 2.75) is 50.0 Å². The number of rotatable bonds is 6. The van der Waals surface area contributed by atoms with Gasteiger partial charge in [-0.15, -0.1) is 0 Å².